The minimum absolute atomic E-state index is 0.0801. The van der Waals surface area contributed by atoms with Gasteiger partial charge in [-0.05, 0) is 12.8 Å². The second-order valence-corrected chi connectivity index (χ2v) is 3.31. The van der Waals surface area contributed by atoms with E-state index in [2.05, 4.69) is 24.5 Å². The first-order valence-corrected chi connectivity index (χ1v) is 4.65. The summed E-state index contributed by atoms with van der Waals surface area (Å²) in [6.45, 7) is 7.19. The SMILES string of the molecule is CCNC(=O)NC(COC)C(C)C. The molecule has 2 N–H and O–H groups in total. The van der Waals surface area contributed by atoms with Crippen molar-refractivity contribution in [3.63, 3.8) is 0 Å². The van der Waals surface area contributed by atoms with Crippen LogP contribution in [-0.2, 0) is 4.74 Å². The third-order valence-electron chi connectivity index (χ3n) is 1.80. The van der Waals surface area contributed by atoms with Crippen molar-refractivity contribution in [1.29, 1.82) is 0 Å². The Morgan fingerprint density at radius 1 is 1.46 bits per heavy atom. The van der Waals surface area contributed by atoms with Crippen LogP contribution in [0.4, 0.5) is 4.79 Å². The molecule has 0 aliphatic heterocycles. The van der Waals surface area contributed by atoms with Crippen LogP contribution in [-0.4, -0.2) is 32.3 Å². The quantitative estimate of drug-likeness (QED) is 0.675. The Labute approximate surface area is 80.0 Å². The number of ether oxygens (including phenoxy) is 1. The maximum absolute atomic E-state index is 11.2. The van der Waals surface area contributed by atoms with E-state index in [9.17, 15) is 4.79 Å². The molecule has 0 aromatic heterocycles. The van der Waals surface area contributed by atoms with Crippen LogP contribution in [0.3, 0.4) is 0 Å². The highest BCUT2D eigenvalue weighted by atomic mass is 16.5. The molecule has 0 saturated carbocycles. The molecule has 1 atom stereocenters. The van der Waals surface area contributed by atoms with Gasteiger partial charge in [0.2, 0.25) is 0 Å². The second-order valence-electron chi connectivity index (χ2n) is 3.31. The van der Waals surface area contributed by atoms with Gasteiger partial charge in [0.1, 0.15) is 0 Å². The fraction of sp³-hybridized carbons (Fsp3) is 0.889. The molecule has 0 aliphatic rings. The Kier molecular flexibility index (Phi) is 6.32. The summed E-state index contributed by atoms with van der Waals surface area (Å²) in [4.78, 5) is 11.2. The highest BCUT2D eigenvalue weighted by Gasteiger charge is 2.14. The third kappa shape index (κ3) is 5.47. The summed E-state index contributed by atoms with van der Waals surface area (Å²) in [6, 6.07) is -0.0465. The van der Waals surface area contributed by atoms with Gasteiger partial charge in [-0.1, -0.05) is 13.8 Å². The molecular weight excluding hydrogens is 168 g/mol. The number of rotatable bonds is 5. The molecule has 78 valence electrons. The van der Waals surface area contributed by atoms with Gasteiger partial charge >= 0.3 is 6.03 Å². The predicted octanol–water partition coefficient (Wildman–Crippen LogP) is 0.976. The normalized spacial score (nSPS) is 12.7. The average Bonchev–Trinajstić information content (AvgIpc) is 2.04. The fourth-order valence-electron chi connectivity index (χ4n) is 0.960. The minimum Gasteiger partial charge on any atom is -0.383 e. The molecule has 0 fully saturated rings. The summed E-state index contributed by atoms with van der Waals surface area (Å²) in [5, 5.41) is 5.53. The third-order valence-corrected chi connectivity index (χ3v) is 1.80. The summed E-state index contributed by atoms with van der Waals surface area (Å²) in [5.74, 6) is 0.377. The van der Waals surface area contributed by atoms with Crippen LogP contribution < -0.4 is 10.6 Å². The van der Waals surface area contributed by atoms with Crippen molar-refractivity contribution < 1.29 is 9.53 Å². The van der Waals surface area contributed by atoms with Crippen molar-refractivity contribution in [2.75, 3.05) is 20.3 Å². The van der Waals surface area contributed by atoms with Crippen molar-refractivity contribution in [3.8, 4) is 0 Å². The smallest absolute Gasteiger partial charge is 0.315 e. The van der Waals surface area contributed by atoms with Crippen molar-refractivity contribution >= 4 is 6.03 Å². The molecule has 13 heavy (non-hydrogen) atoms. The van der Waals surface area contributed by atoms with Crippen LogP contribution in [0, 0.1) is 5.92 Å². The van der Waals surface area contributed by atoms with Gasteiger partial charge in [-0.15, -0.1) is 0 Å². The Hall–Kier alpha value is -0.770. The zero-order chi connectivity index (χ0) is 10.3. The molecule has 1 unspecified atom stereocenters. The predicted molar refractivity (Wildman–Crippen MR) is 52.7 cm³/mol. The Balaban J connectivity index is 3.86. The average molecular weight is 188 g/mol. The van der Waals surface area contributed by atoms with E-state index in [1.807, 2.05) is 6.92 Å². The highest BCUT2D eigenvalue weighted by molar-refractivity contribution is 5.74. The molecule has 0 radical (unpaired) electrons. The van der Waals surface area contributed by atoms with E-state index < -0.39 is 0 Å². The Bertz CT molecular complexity index is 149. The molecule has 0 saturated heterocycles. The van der Waals surface area contributed by atoms with Crippen LogP contribution in [0.25, 0.3) is 0 Å². The van der Waals surface area contributed by atoms with Crippen molar-refractivity contribution in [2.45, 2.75) is 26.8 Å². The standard InChI is InChI=1S/C9H20N2O2/c1-5-10-9(12)11-8(6-13-4)7(2)3/h7-8H,5-6H2,1-4H3,(H2,10,11,12). The van der Waals surface area contributed by atoms with Gasteiger partial charge in [0, 0.05) is 13.7 Å². The molecule has 2 amide bonds. The molecule has 0 aromatic rings. The van der Waals surface area contributed by atoms with Gasteiger partial charge in [0.15, 0.2) is 0 Å². The summed E-state index contributed by atoms with van der Waals surface area (Å²) in [5.41, 5.74) is 0. The number of carbonyl (C=O) groups is 1. The van der Waals surface area contributed by atoms with Crippen molar-refractivity contribution in [2.24, 2.45) is 5.92 Å². The van der Waals surface area contributed by atoms with E-state index >= 15 is 0 Å². The minimum atomic E-state index is -0.127. The summed E-state index contributed by atoms with van der Waals surface area (Å²) >= 11 is 0. The molecule has 0 aromatic carbocycles. The number of nitrogens with one attached hydrogen (secondary N) is 2. The van der Waals surface area contributed by atoms with E-state index in [4.69, 9.17) is 4.74 Å². The van der Waals surface area contributed by atoms with Gasteiger partial charge in [-0.2, -0.15) is 0 Å². The number of hydrogen-bond donors (Lipinski definition) is 2. The summed E-state index contributed by atoms with van der Waals surface area (Å²) < 4.78 is 5.00. The van der Waals surface area contributed by atoms with E-state index in [0.29, 0.717) is 19.1 Å². The Morgan fingerprint density at radius 3 is 2.46 bits per heavy atom. The largest absolute Gasteiger partial charge is 0.383 e. The zero-order valence-electron chi connectivity index (χ0n) is 8.89. The maximum atomic E-state index is 11.2. The monoisotopic (exact) mass is 188 g/mol. The molecule has 0 heterocycles. The van der Waals surface area contributed by atoms with Gasteiger partial charge in [-0.25, -0.2) is 4.79 Å². The lowest BCUT2D eigenvalue weighted by Crippen LogP contribution is -2.46. The fourth-order valence-corrected chi connectivity index (χ4v) is 0.960. The number of hydrogen-bond acceptors (Lipinski definition) is 2. The second kappa shape index (κ2) is 6.71. The Morgan fingerprint density at radius 2 is 2.08 bits per heavy atom. The van der Waals surface area contributed by atoms with Crippen molar-refractivity contribution in [1.82, 2.24) is 10.6 Å². The highest BCUT2D eigenvalue weighted by Crippen LogP contribution is 2.01. The topological polar surface area (TPSA) is 50.4 Å². The van der Waals surface area contributed by atoms with E-state index in [0.717, 1.165) is 0 Å². The first-order chi connectivity index (χ1) is 6.11. The first-order valence-electron chi connectivity index (χ1n) is 4.65. The summed E-state index contributed by atoms with van der Waals surface area (Å²) in [6.07, 6.45) is 0. The van der Waals surface area contributed by atoms with Gasteiger partial charge in [0.25, 0.3) is 0 Å². The van der Waals surface area contributed by atoms with Crippen LogP contribution in [0.15, 0.2) is 0 Å². The zero-order valence-corrected chi connectivity index (χ0v) is 8.89. The van der Waals surface area contributed by atoms with Gasteiger partial charge < -0.3 is 15.4 Å². The number of amides is 2. The van der Waals surface area contributed by atoms with Crippen LogP contribution >= 0.6 is 0 Å². The van der Waals surface area contributed by atoms with E-state index in [-0.39, 0.29) is 12.1 Å². The van der Waals surface area contributed by atoms with Crippen LogP contribution in [0.5, 0.6) is 0 Å². The number of carbonyl (C=O) groups excluding carboxylic acids is 1. The van der Waals surface area contributed by atoms with E-state index in [1.54, 1.807) is 7.11 Å². The number of urea groups is 1. The maximum Gasteiger partial charge on any atom is 0.315 e. The van der Waals surface area contributed by atoms with Gasteiger partial charge in [-0.3, -0.25) is 0 Å². The molecule has 0 spiro atoms. The molecule has 0 aliphatic carbocycles. The molecule has 4 nitrogen and oxygen atoms in total. The molecular formula is C9H20N2O2. The van der Waals surface area contributed by atoms with Crippen molar-refractivity contribution in [3.05, 3.63) is 0 Å². The van der Waals surface area contributed by atoms with Crippen LogP contribution in [0.1, 0.15) is 20.8 Å². The molecule has 0 bridgehead atoms. The lowest BCUT2D eigenvalue weighted by atomic mass is 10.1. The number of methoxy groups -OCH3 is 1. The lowest BCUT2D eigenvalue weighted by Gasteiger charge is -2.21. The summed E-state index contributed by atoms with van der Waals surface area (Å²) in [7, 11) is 1.63. The molecule has 0 rings (SSSR count). The molecule has 4 heteroatoms. The van der Waals surface area contributed by atoms with Gasteiger partial charge in [0.05, 0.1) is 12.6 Å². The van der Waals surface area contributed by atoms with E-state index in [1.165, 1.54) is 0 Å². The van der Waals surface area contributed by atoms with Crippen LogP contribution in [0.2, 0.25) is 0 Å². The first kappa shape index (κ1) is 12.2. The lowest BCUT2D eigenvalue weighted by molar-refractivity contribution is 0.148.